The summed E-state index contributed by atoms with van der Waals surface area (Å²) in [5.41, 5.74) is 21.7. The topological polar surface area (TPSA) is 20.6 Å². The summed E-state index contributed by atoms with van der Waals surface area (Å²) in [5, 5.41) is 1.40. The first-order valence-electron chi connectivity index (χ1n) is 24.2. The van der Waals surface area contributed by atoms with Crippen LogP contribution in [-0.2, 0) is 24.7 Å². The molecule has 2 aromatic heterocycles. The van der Waals surface area contributed by atoms with Crippen LogP contribution in [0.1, 0.15) is 88.5 Å². The zero-order chi connectivity index (χ0) is 47.4. The van der Waals surface area contributed by atoms with Crippen molar-refractivity contribution >= 4 is 147 Å². The Morgan fingerprint density at radius 3 is 2.43 bits per heavy atom. The summed E-state index contributed by atoms with van der Waals surface area (Å²) in [6.07, 6.45) is 30.5. The Labute approximate surface area is 432 Å². The second-order valence-electron chi connectivity index (χ2n) is 21.7. The molecule has 14 rings (SSSR count). The fraction of sp³-hybridized carbons (Fsp3) is 0.254. The molecule has 0 saturated heterocycles. The second kappa shape index (κ2) is 14.7. The van der Waals surface area contributed by atoms with Crippen LogP contribution in [-0.4, -0.2) is 41.0 Å². The number of hydrogen-bond acceptors (Lipinski definition) is 6. The van der Waals surface area contributed by atoms with Crippen LogP contribution < -0.4 is 43.8 Å². The maximum atomic E-state index is 5.74. The Kier molecular flexibility index (Phi) is 9.33. The van der Waals surface area contributed by atoms with Gasteiger partial charge in [0.05, 0.1) is 0 Å². The third-order valence-electron chi connectivity index (χ3n) is 16.3. The number of hydrogen-bond donors (Lipinski definition) is 2. The standard InChI is InChI=1S/C59H54BIN3S5/c1-10-16-31(2)37-29-40-52-58(54(37)66)69(8,9)57-43(25-22-35-33-17-11-13-20-46(33)68-56(35)57)64(52)45-28-32(59(3,4)5)27-44-48(45)60(40)39-30-38-34-18-12-14-21-47(34)67-55(38)50-51(39)63(44)42-24-23-36(41-19-15-26-62-41)53(65)49(42)61(50,6)7/h10-11,14-17,19,21-29,39,66H,1,12-13,18,20,30H2,2-9H3/q-1/p+1/b31-16+. The molecular formula is C59H55BIN3S5. The zero-order valence-corrected chi connectivity index (χ0v) is 46.9. The van der Waals surface area contributed by atoms with E-state index in [4.69, 9.17) is 29.9 Å². The van der Waals surface area contributed by atoms with E-state index in [0.29, 0.717) is 0 Å². The summed E-state index contributed by atoms with van der Waals surface area (Å²) in [6, 6.07) is 17.5. The van der Waals surface area contributed by atoms with Crippen LogP contribution >= 0.6 is 58.0 Å². The number of allylic oxidation sites excluding steroid dienone is 8. The van der Waals surface area contributed by atoms with Crippen LogP contribution in [0, 0.1) is 3.57 Å². The van der Waals surface area contributed by atoms with Gasteiger partial charge in [-0.3, -0.25) is 0 Å². The minimum absolute atomic E-state index is 0.119. The van der Waals surface area contributed by atoms with Gasteiger partial charge in [-0.1, -0.05) is 12.2 Å². The molecule has 0 amide bonds. The Bertz CT molecular complexity index is 3710. The molecule has 10 heteroatoms. The first kappa shape index (κ1) is 43.6. The van der Waals surface area contributed by atoms with Crippen molar-refractivity contribution < 1.29 is 18.4 Å². The summed E-state index contributed by atoms with van der Waals surface area (Å²) in [6.45, 7) is 13.8. The molecule has 0 saturated carbocycles. The van der Waals surface area contributed by atoms with E-state index in [2.05, 4.69) is 174 Å². The average molecular weight is 1100 g/mol. The number of rotatable bonds is 3. The molecule has 5 aliphatic heterocycles. The van der Waals surface area contributed by atoms with E-state index in [-0.39, 0.29) is 17.9 Å². The van der Waals surface area contributed by atoms with Gasteiger partial charge in [-0.2, -0.15) is 0 Å². The van der Waals surface area contributed by atoms with E-state index in [1.54, 1.807) is 25.3 Å². The average Bonchev–Trinajstić information content (AvgIpc) is 4.07. The number of anilines is 5. The number of thiol groups is 2. The normalized spacial score (nSPS) is 21.0. The van der Waals surface area contributed by atoms with Gasteiger partial charge in [-0.15, -0.1) is 0 Å². The molecule has 3 nitrogen and oxygen atoms in total. The van der Waals surface area contributed by atoms with Gasteiger partial charge in [0.2, 0.25) is 0 Å². The molecule has 1 atom stereocenters. The molecule has 4 aromatic carbocycles. The summed E-state index contributed by atoms with van der Waals surface area (Å²) >= 11 is 12.4. The van der Waals surface area contributed by atoms with Crippen LogP contribution in [0.15, 0.2) is 111 Å². The molecule has 1 unspecified atom stereocenters. The Morgan fingerprint density at radius 1 is 0.899 bits per heavy atom. The fourth-order valence-electron chi connectivity index (χ4n) is 13.3. The van der Waals surface area contributed by atoms with Crippen LogP contribution in [0.2, 0.25) is 5.82 Å². The third-order valence-corrected chi connectivity index (χ3v) is 31.3. The predicted molar refractivity (Wildman–Crippen MR) is 309 cm³/mol. The zero-order valence-electron chi connectivity index (χ0n) is 40.5. The van der Waals surface area contributed by atoms with Gasteiger partial charge < -0.3 is 0 Å². The van der Waals surface area contributed by atoms with E-state index >= 15 is 0 Å². The van der Waals surface area contributed by atoms with Crippen LogP contribution in [0.3, 0.4) is 0 Å². The van der Waals surface area contributed by atoms with Crippen molar-refractivity contribution in [2.24, 2.45) is 0 Å². The van der Waals surface area contributed by atoms with E-state index < -0.39 is 28.5 Å². The molecule has 0 spiro atoms. The number of alkyl halides is 2. The van der Waals surface area contributed by atoms with Gasteiger partial charge >= 0.3 is 411 Å². The Hall–Kier alpha value is -4.13. The third kappa shape index (κ3) is 5.66. The first-order chi connectivity index (χ1) is 33.1. The van der Waals surface area contributed by atoms with Crippen LogP contribution in [0.4, 0.5) is 28.4 Å². The monoisotopic (exact) mass is 1100 g/mol. The first-order valence-corrected chi connectivity index (χ1v) is 35.7. The number of benzene rings is 4. The number of nitrogens with zero attached hydrogens (tertiary/aromatic N) is 3. The molecule has 69 heavy (non-hydrogen) atoms. The molecule has 8 aliphatic rings. The number of thiophene rings is 2. The Morgan fingerprint density at radius 2 is 1.67 bits per heavy atom. The maximum absolute atomic E-state index is 5.74. The van der Waals surface area contributed by atoms with E-state index in [1.807, 2.05) is 12.3 Å². The Balaban J connectivity index is 1.16. The molecule has 7 heterocycles. The van der Waals surface area contributed by atoms with Gasteiger partial charge in [0.25, 0.3) is 0 Å². The molecule has 0 bridgehead atoms. The van der Waals surface area contributed by atoms with Gasteiger partial charge in [0, 0.05) is 0 Å². The molecular weight excluding hydrogens is 1050 g/mol. The molecule has 346 valence electrons. The molecule has 0 radical (unpaired) electrons. The van der Waals surface area contributed by atoms with Crippen molar-refractivity contribution in [3.05, 3.63) is 143 Å². The summed E-state index contributed by atoms with van der Waals surface area (Å²) in [4.78, 5) is 20.6. The summed E-state index contributed by atoms with van der Waals surface area (Å²) in [7, 11) is -1.63. The number of halogens is 1. The van der Waals surface area contributed by atoms with Crippen molar-refractivity contribution in [2.45, 2.75) is 90.6 Å². The fourth-order valence-corrected chi connectivity index (χ4v) is 31.1. The quantitative estimate of drug-likeness (QED) is 0.0460. The van der Waals surface area contributed by atoms with Crippen molar-refractivity contribution in [2.75, 3.05) is 32.2 Å². The summed E-state index contributed by atoms with van der Waals surface area (Å²) < 4.78 is 9.43. The minimum atomic E-state index is -3.12. The number of fused-ring (bicyclic) bond motifs is 16. The number of aryl methyl sites for hydroxylation is 1. The molecule has 0 fully saturated rings. The van der Waals surface area contributed by atoms with Gasteiger partial charge in [-0.05, 0) is 12.8 Å². The van der Waals surface area contributed by atoms with Crippen LogP contribution in [0.5, 0.6) is 0 Å². The van der Waals surface area contributed by atoms with Crippen LogP contribution in [0.25, 0.3) is 31.4 Å². The summed E-state index contributed by atoms with van der Waals surface area (Å²) in [5.74, 6) is 0.228. The predicted octanol–water partition coefficient (Wildman–Crippen LogP) is 11.1. The molecule has 6 aromatic rings. The van der Waals surface area contributed by atoms with Gasteiger partial charge in [-0.25, -0.2) is 0 Å². The van der Waals surface area contributed by atoms with Crippen molar-refractivity contribution in [1.29, 1.82) is 0 Å². The second-order valence-corrected chi connectivity index (χ2v) is 37.4. The van der Waals surface area contributed by atoms with Gasteiger partial charge in [0.1, 0.15) is 0 Å². The van der Waals surface area contributed by atoms with Crippen molar-refractivity contribution in [1.82, 2.24) is 4.67 Å². The van der Waals surface area contributed by atoms with E-state index in [0.717, 1.165) is 53.2 Å². The van der Waals surface area contributed by atoms with E-state index in [1.165, 1.54) is 94.8 Å². The van der Waals surface area contributed by atoms with Crippen molar-refractivity contribution in [3.63, 3.8) is 0 Å². The van der Waals surface area contributed by atoms with Gasteiger partial charge in [0.15, 0.2) is 0 Å². The molecule has 0 N–H and O–H groups in total. The SMILES string of the molecule is C=C/C=C(\C)c1cc2c3c(c1S)S(C)(C)c1c(ccc4c5c(sc14)CCC=C5)N3c1cc(C(C)(C)C)cc3c1B2C1Cc2c(sc4c2CCC=C4)C2=C1N3c1ccc(C3=[N+]=CC=C3)c(S)c1[I-]2(C)C. The van der Waals surface area contributed by atoms with Crippen molar-refractivity contribution in [3.8, 4) is 0 Å². The van der Waals surface area contributed by atoms with E-state index in [9.17, 15) is 0 Å². The molecule has 3 aliphatic carbocycles.